The van der Waals surface area contributed by atoms with Crippen molar-refractivity contribution in [1.29, 1.82) is 0 Å². The Morgan fingerprint density at radius 3 is 2.51 bits per heavy atom. The molecule has 0 aliphatic carbocycles. The molecule has 35 heavy (non-hydrogen) atoms. The zero-order valence-corrected chi connectivity index (χ0v) is 18.8. The number of nitrogens with zero attached hydrogens (tertiary/aromatic N) is 3. The number of nitrogens with two attached hydrogens (primary N) is 1. The molecule has 2 aromatic carbocycles. The van der Waals surface area contributed by atoms with Crippen molar-refractivity contribution in [3.63, 3.8) is 0 Å². The number of hydrogen-bond donors (Lipinski definition) is 2. The third kappa shape index (κ3) is 5.50. The monoisotopic (exact) mass is 475 g/mol. The lowest BCUT2D eigenvalue weighted by Gasteiger charge is -2.10. The maximum Gasteiger partial charge on any atom is 0.416 e. The Morgan fingerprint density at radius 1 is 1.03 bits per heavy atom. The standard InChI is InChI=1S/C26H20F3N5O/c1-16-6-7-19(25(35)33-23-5-3-4-22(12-23)26(27,28)29)10-17(16)8-9-18-11-20(13-31-24(18)30)21-14-32-34(2)15-21/h3-7,10-15H,1-2H3,(H2,30,31)(H,33,35). The maximum absolute atomic E-state index is 13.0. The van der Waals surface area contributed by atoms with Crippen LogP contribution < -0.4 is 11.1 Å². The van der Waals surface area contributed by atoms with Gasteiger partial charge < -0.3 is 11.1 Å². The molecule has 3 N–H and O–H groups in total. The average Bonchev–Trinajstić information content (AvgIpc) is 3.25. The number of anilines is 2. The fraction of sp³-hybridized carbons (Fsp3) is 0.115. The van der Waals surface area contributed by atoms with Gasteiger partial charge in [0.25, 0.3) is 5.91 Å². The first-order valence-corrected chi connectivity index (χ1v) is 10.5. The summed E-state index contributed by atoms with van der Waals surface area (Å²) >= 11 is 0. The van der Waals surface area contributed by atoms with Crippen LogP contribution in [0, 0.1) is 18.8 Å². The molecule has 0 spiro atoms. The number of alkyl halides is 3. The van der Waals surface area contributed by atoms with Crippen molar-refractivity contribution in [2.24, 2.45) is 7.05 Å². The van der Waals surface area contributed by atoms with Crippen LogP contribution in [0.3, 0.4) is 0 Å². The number of benzene rings is 2. The first-order valence-electron chi connectivity index (χ1n) is 10.5. The molecule has 2 heterocycles. The molecule has 176 valence electrons. The van der Waals surface area contributed by atoms with Gasteiger partial charge in [0.15, 0.2) is 0 Å². The summed E-state index contributed by atoms with van der Waals surface area (Å²) < 4.78 is 40.5. The summed E-state index contributed by atoms with van der Waals surface area (Å²) in [5, 5.41) is 6.65. The van der Waals surface area contributed by atoms with Crippen LogP contribution in [0.5, 0.6) is 0 Å². The van der Waals surface area contributed by atoms with E-state index in [-0.39, 0.29) is 17.1 Å². The van der Waals surface area contributed by atoms with Crippen molar-refractivity contribution in [3.8, 4) is 23.0 Å². The predicted molar refractivity (Wildman–Crippen MR) is 127 cm³/mol. The Morgan fingerprint density at radius 2 is 1.80 bits per heavy atom. The summed E-state index contributed by atoms with van der Waals surface area (Å²) in [6.07, 6.45) is 0.696. The van der Waals surface area contributed by atoms with Crippen molar-refractivity contribution in [3.05, 3.63) is 94.9 Å². The van der Waals surface area contributed by atoms with E-state index in [1.54, 1.807) is 35.3 Å². The first-order chi connectivity index (χ1) is 16.6. The molecule has 4 aromatic rings. The lowest BCUT2D eigenvalue weighted by Crippen LogP contribution is -2.13. The number of nitrogen functional groups attached to an aromatic ring is 1. The van der Waals surface area contributed by atoms with Gasteiger partial charge in [-0.3, -0.25) is 9.48 Å². The van der Waals surface area contributed by atoms with Gasteiger partial charge in [0.1, 0.15) is 5.82 Å². The highest BCUT2D eigenvalue weighted by Crippen LogP contribution is 2.30. The van der Waals surface area contributed by atoms with Crippen LogP contribution in [0.15, 0.2) is 67.1 Å². The molecule has 0 unspecified atom stereocenters. The average molecular weight is 475 g/mol. The fourth-order valence-corrected chi connectivity index (χ4v) is 3.31. The molecular weight excluding hydrogens is 455 g/mol. The second-order valence-corrected chi connectivity index (χ2v) is 7.87. The van der Waals surface area contributed by atoms with Gasteiger partial charge in [0, 0.05) is 47.4 Å². The summed E-state index contributed by atoms with van der Waals surface area (Å²) in [6.45, 7) is 1.84. The van der Waals surface area contributed by atoms with E-state index in [9.17, 15) is 18.0 Å². The number of carbonyl (C=O) groups is 1. The van der Waals surface area contributed by atoms with Crippen molar-refractivity contribution in [2.75, 3.05) is 11.1 Å². The lowest BCUT2D eigenvalue weighted by atomic mass is 10.0. The number of aryl methyl sites for hydroxylation is 2. The predicted octanol–water partition coefficient (Wildman–Crippen LogP) is 5.04. The zero-order valence-electron chi connectivity index (χ0n) is 18.8. The van der Waals surface area contributed by atoms with Gasteiger partial charge >= 0.3 is 6.18 Å². The summed E-state index contributed by atoms with van der Waals surface area (Å²) in [6, 6.07) is 11.2. The van der Waals surface area contributed by atoms with Crippen molar-refractivity contribution in [2.45, 2.75) is 13.1 Å². The minimum atomic E-state index is -4.50. The van der Waals surface area contributed by atoms with Gasteiger partial charge in [-0.05, 0) is 48.9 Å². The molecular formula is C26H20F3N5O. The second kappa shape index (κ2) is 9.35. The third-order valence-corrected chi connectivity index (χ3v) is 5.24. The van der Waals surface area contributed by atoms with Crippen LogP contribution in [0.4, 0.5) is 24.7 Å². The van der Waals surface area contributed by atoms with E-state index in [0.717, 1.165) is 28.8 Å². The van der Waals surface area contributed by atoms with E-state index in [2.05, 4.69) is 27.2 Å². The first kappa shape index (κ1) is 23.6. The van der Waals surface area contributed by atoms with Crippen LogP contribution in [0.25, 0.3) is 11.1 Å². The summed E-state index contributed by atoms with van der Waals surface area (Å²) in [5.41, 5.74) is 9.06. The molecule has 0 atom stereocenters. The molecule has 6 nitrogen and oxygen atoms in total. The van der Waals surface area contributed by atoms with Crippen molar-refractivity contribution in [1.82, 2.24) is 14.8 Å². The topological polar surface area (TPSA) is 85.8 Å². The molecule has 0 fully saturated rings. The molecule has 2 aromatic heterocycles. The van der Waals surface area contributed by atoms with E-state index in [4.69, 9.17) is 5.73 Å². The highest BCUT2D eigenvalue weighted by atomic mass is 19.4. The number of aromatic nitrogens is 3. The highest BCUT2D eigenvalue weighted by Gasteiger charge is 2.30. The minimum Gasteiger partial charge on any atom is -0.383 e. The SMILES string of the molecule is Cc1ccc(C(=O)Nc2cccc(C(F)(F)F)c2)cc1C#Cc1cc(-c2cnn(C)c2)cnc1N. The van der Waals surface area contributed by atoms with Gasteiger partial charge in [0.05, 0.1) is 17.3 Å². The number of amides is 1. The summed E-state index contributed by atoms with van der Waals surface area (Å²) in [7, 11) is 1.81. The Bertz CT molecular complexity index is 1480. The zero-order chi connectivity index (χ0) is 25.2. The normalized spacial score (nSPS) is 11.0. The molecule has 0 aliphatic rings. The number of hydrogen-bond acceptors (Lipinski definition) is 4. The molecule has 0 saturated heterocycles. The van der Waals surface area contributed by atoms with Crippen LogP contribution >= 0.6 is 0 Å². The van der Waals surface area contributed by atoms with Crippen LogP contribution in [-0.2, 0) is 13.2 Å². The molecule has 4 rings (SSSR count). The molecule has 1 amide bonds. The Kier molecular flexibility index (Phi) is 6.30. The van der Waals surface area contributed by atoms with Gasteiger partial charge in [-0.15, -0.1) is 0 Å². The van der Waals surface area contributed by atoms with E-state index >= 15 is 0 Å². The molecule has 0 saturated carbocycles. The maximum atomic E-state index is 13.0. The smallest absolute Gasteiger partial charge is 0.383 e. The van der Waals surface area contributed by atoms with Crippen LogP contribution in [-0.4, -0.2) is 20.7 Å². The fourth-order valence-electron chi connectivity index (χ4n) is 3.31. The number of halogens is 3. The Balaban J connectivity index is 1.59. The minimum absolute atomic E-state index is 0.0455. The number of rotatable bonds is 3. The second-order valence-electron chi connectivity index (χ2n) is 7.87. The van der Waals surface area contributed by atoms with E-state index in [1.807, 2.05) is 26.2 Å². The Labute approximate surface area is 199 Å². The van der Waals surface area contributed by atoms with Gasteiger partial charge in [0.2, 0.25) is 0 Å². The highest BCUT2D eigenvalue weighted by molar-refractivity contribution is 6.04. The van der Waals surface area contributed by atoms with E-state index < -0.39 is 17.6 Å². The number of pyridine rings is 1. The lowest BCUT2D eigenvalue weighted by molar-refractivity contribution is -0.137. The summed E-state index contributed by atoms with van der Waals surface area (Å²) in [4.78, 5) is 16.9. The van der Waals surface area contributed by atoms with Crippen LogP contribution in [0.2, 0.25) is 0 Å². The quantitative estimate of drug-likeness (QED) is 0.407. The largest absolute Gasteiger partial charge is 0.416 e. The number of carbonyl (C=O) groups excluding carboxylic acids is 1. The Hall–Kier alpha value is -4.58. The van der Waals surface area contributed by atoms with Gasteiger partial charge in [-0.25, -0.2) is 4.98 Å². The van der Waals surface area contributed by atoms with Gasteiger partial charge in [-0.2, -0.15) is 18.3 Å². The molecule has 0 radical (unpaired) electrons. The summed E-state index contributed by atoms with van der Waals surface area (Å²) in [5.74, 6) is 5.74. The number of nitrogens with one attached hydrogen (secondary N) is 1. The third-order valence-electron chi connectivity index (χ3n) is 5.24. The van der Waals surface area contributed by atoms with Crippen molar-refractivity contribution < 1.29 is 18.0 Å². The molecule has 0 bridgehead atoms. The molecule has 0 aliphatic heterocycles. The molecule has 9 heteroatoms. The van der Waals surface area contributed by atoms with Crippen molar-refractivity contribution >= 4 is 17.4 Å². The van der Waals surface area contributed by atoms with E-state index in [1.165, 1.54) is 12.1 Å². The van der Waals surface area contributed by atoms with E-state index in [0.29, 0.717) is 11.1 Å². The van der Waals surface area contributed by atoms with Gasteiger partial charge in [-0.1, -0.05) is 24.0 Å². The van der Waals surface area contributed by atoms with Crippen LogP contribution in [0.1, 0.15) is 32.6 Å².